The van der Waals surface area contributed by atoms with Gasteiger partial charge in [-0.1, -0.05) is 6.92 Å². The second kappa shape index (κ2) is 4.72. The molecule has 0 aromatic carbocycles. The number of aromatic nitrogens is 3. The van der Waals surface area contributed by atoms with E-state index in [0.717, 1.165) is 44.8 Å². The predicted octanol–water partition coefficient (Wildman–Crippen LogP) is 0.221. The lowest BCUT2D eigenvalue weighted by molar-refractivity contribution is 0.309. The van der Waals surface area contributed by atoms with Crippen LogP contribution in [0.3, 0.4) is 0 Å². The highest BCUT2D eigenvalue weighted by atomic mass is 15.3. The van der Waals surface area contributed by atoms with Gasteiger partial charge in [0, 0.05) is 25.7 Å². The Morgan fingerprint density at radius 3 is 3.13 bits per heavy atom. The van der Waals surface area contributed by atoms with E-state index in [1.807, 2.05) is 4.68 Å². The van der Waals surface area contributed by atoms with Crippen molar-refractivity contribution in [1.82, 2.24) is 19.7 Å². The Balaban J connectivity index is 1.95. The van der Waals surface area contributed by atoms with Crippen LogP contribution in [0.2, 0.25) is 0 Å². The Bertz CT molecular complexity index is 309. The third-order valence-electron chi connectivity index (χ3n) is 2.80. The second-order valence-corrected chi connectivity index (χ2v) is 4.18. The van der Waals surface area contributed by atoms with E-state index < -0.39 is 0 Å². The minimum Gasteiger partial charge on any atom is -0.326 e. The minimum absolute atomic E-state index is 0.340. The summed E-state index contributed by atoms with van der Waals surface area (Å²) in [6, 6.07) is 0.340. The van der Waals surface area contributed by atoms with Crippen LogP contribution in [0.5, 0.6) is 0 Å². The number of nitrogens with two attached hydrogens (primary N) is 1. The lowest BCUT2D eigenvalue weighted by Crippen LogP contribution is -2.27. The quantitative estimate of drug-likeness (QED) is 0.770. The summed E-state index contributed by atoms with van der Waals surface area (Å²) in [5, 5.41) is 4.21. The van der Waals surface area contributed by atoms with E-state index in [9.17, 15) is 0 Å². The van der Waals surface area contributed by atoms with Crippen molar-refractivity contribution < 1.29 is 0 Å². The first-order valence-electron chi connectivity index (χ1n) is 5.64. The molecule has 2 rings (SSSR count). The summed E-state index contributed by atoms with van der Waals surface area (Å²) < 4.78 is 1.99. The van der Waals surface area contributed by atoms with Crippen LogP contribution in [-0.2, 0) is 13.1 Å². The molecule has 2 N–H and O–H groups in total. The molecule has 0 unspecified atom stereocenters. The average Bonchev–Trinajstić information content (AvgIpc) is 2.78. The van der Waals surface area contributed by atoms with Crippen molar-refractivity contribution in [3.05, 3.63) is 12.2 Å². The number of hydrogen-bond donors (Lipinski definition) is 1. The van der Waals surface area contributed by atoms with E-state index in [4.69, 9.17) is 5.73 Å². The van der Waals surface area contributed by atoms with Crippen molar-refractivity contribution in [3.8, 4) is 0 Å². The molecular formula is C10H19N5. The van der Waals surface area contributed by atoms with Gasteiger partial charge in [0.15, 0.2) is 0 Å². The Labute approximate surface area is 90.3 Å². The molecule has 1 aromatic rings. The summed E-state index contributed by atoms with van der Waals surface area (Å²) in [4.78, 5) is 6.64. The summed E-state index contributed by atoms with van der Waals surface area (Å²) >= 11 is 0. The predicted molar refractivity (Wildman–Crippen MR) is 58.2 cm³/mol. The van der Waals surface area contributed by atoms with Gasteiger partial charge in [0.05, 0.1) is 6.54 Å². The molecule has 5 heteroatoms. The first-order chi connectivity index (χ1) is 7.29. The fourth-order valence-corrected chi connectivity index (χ4v) is 2.02. The van der Waals surface area contributed by atoms with Crippen molar-refractivity contribution in [2.24, 2.45) is 5.73 Å². The zero-order valence-corrected chi connectivity index (χ0v) is 9.26. The van der Waals surface area contributed by atoms with E-state index in [-0.39, 0.29) is 0 Å². The molecule has 2 heterocycles. The van der Waals surface area contributed by atoms with Gasteiger partial charge in [0.2, 0.25) is 0 Å². The molecule has 1 aliphatic rings. The number of aryl methyl sites for hydroxylation is 1. The van der Waals surface area contributed by atoms with E-state index in [2.05, 4.69) is 21.9 Å². The van der Waals surface area contributed by atoms with Crippen LogP contribution in [-0.4, -0.2) is 38.8 Å². The average molecular weight is 209 g/mol. The molecule has 5 nitrogen and oxygen atoms in total. The molecular weight excluding hydrogens is 190 g/mol. The summed E-state index contributed by atoms with van der Waals surface area (Å²) in [6.45, 7) is 6.05. The molecule has 84 valence electrons. The Morgan fingerprint density at radius 2 is 2.47 bits per heavy atom. The molecule has 1 saturated heterocycles. The van der Waals surface area contributed by atoms with Crippen LogP contribution in [0.15, 0.2) is 6.33 Å². The van der Waals surface area contributed by atoms with Gasteiger partial charge in [-0.25, -0.2) is 9.67 Å². The largest absolute Gasteiger partial charge is 0.326 e. The van der Waals surface area contributed by atoms with Gasteiger partial charge in [-0.15, -0.1) is 0 Å². The third kappa shape index (κ3) is 2.54. The van der Waals surface area contributed by atoms with Gasteiger partial charge >= 0.3 is 0 Å². The molecule has 1 aliphatic heterocycles. The van der Waals surface area contributed by atoms with Crippen LogP contribution in [0, 0.1) is 0 Å². The lowest BCUT2D eigenvalue weighted by atomic mass is 10.3. The molecule has 0 amide bonds. The molecule has 1 aromatic heterocycles. The third-order valence-corrected chi connectivity index (χ3v) is 2.80. The van der Waals surface area contributed by atoms with Gasteiger partial charge in [-0.2, -0.15) is 5.10 Å². The standard InChI is InChI=1S/C10H19N5/c1-2-4-15-10(12-8-13-15)7-14-5-3-9(11)6-14/h8-9H,2-7,11H2,1H3/t9-/m1/s1. The number of rotatable bonds is 4. The highest BCUT2D eigenvalue weighted by Crippen LogP contribution is 2.10. The van der Waals surface area contributed by atoms with Crippen LogP contribution >= 0.6 is 0 Å². The lowest BCUT2D eigenvalue weighted by Gasteiger charge is -2.14. The zero-order chi connectivity index (χ0) is 10.7. The number of hydrogen-bond acceptors (Lipinski definition) is 4. The van der Waals surface area contributed by atoms with Crippen molar-refractivity contribution >= 4 is 0 Å². The van der Waals surface area contributed by atoms with E-state index in [1.54, 1.807) is 6.33 Å². The van der Waals surface area contributed by atoms with Crippen LogP contribution < -0.4 is 5.73 Å². The molecule has 0 radical (unpaired) electrons. The van der Waals surface area contributed by atoms with Crippen molar-refractivity contribution in [1.29, 1.82) is 0 Å². The fraction of sp³-hybridized carbons (Fsp3) is 0.800. The van der Waals surface area contributed by atoms with Crippen LogP contribution in [0.1, 0.15) is 25.6 Å². The van der Waals surface area contributed by atoms with Gasteiger partial charge in [0.25, 0.3) is 0 Å². The van der Waals surface area contributed by atoms with Crippen LogP contribution in [0.25, 0.3) is 0 Å². The molecule has 0 aliphatic carbocycles. The smallest absolute Gasteiger partial charge is 0.141 e. The fourth-order valence-electron chi connectivity index (χ4n) is 2.02. The number of likely N-dealkylation sites (tertiary alicyclic amines) is 1. The van der Waals surface area contributed by atoms with E-state index >= 15 is 0 Å². The minimum atomic E-state index is 0.340. The Morgan fingerprint density at radius 1 is 1.60 bits per heavy atom. The second-order valence-electron chi connectivity index (χ2n) is 4.18. The Hall–Kier alpha value is -0.940. The van der Waals surface area contributed by atoms with Crippen LogP contribution in [0.4, 0.5) is 0 Å². The maximum atomic E-state index is 5.87. The molecule has 0 spiro atoms. The SMILES string of the molecule is CCCn1ncnc1CN1CC[C@@H](N)C1. The normalized spacial score (nSPS) is 22.4. The van der Waals surface area contributed by atoms with Crippen molar-refractivity contribution in [2.45, 2.75) is 38.9 Å². The van der Waals surface area contributed by atoms with E-state index in [1.165, 1.54) is 0 Å². The first kappa shape index (κ1) is 10.6. The Kier molecular flexibility index (Phi) is 3.33. The highest BCUT2D eigenvalue weighted by Gasteiger charge is 2.20. The summed E-state index contributed by atoms with van der Waals surface area (Å²) in [6.07, 6.45) is 3.83. The van der Waals surface area contributed by atoms with Gasteiger partial charge < -0.3 is 5.73 Å². The van der Waals surface area contributed by atoms with Gasteiger partial charge in [0.1, 0.15) is 12.2 Å². The molecule has 0 saturated carbocycles. The summed E-state index contributed by atoms with van der Waals surface area (Å²) in [5.41, 5.74) is 5.87. The maximum Gasteiger partial charge on any atom is 0.141 e. The monoisotopic (exact) mass is 209 g/mol. The summed E-state index contributed by atoms with van der Waals surface area (Å²) in [7, 11) is 0. The first-order valence-corrected chi connectivity index (χ1v) is 5.64. The molecule has 1 atom stereocenters. The van der Waals surface area contributed by atoms with E-state index in [0.29, 0.717) is 6.04 Å². The zero-order valence-electron chi connectivity index (χ0n) is 9.26. The maximum absolute atomic E-state index is 5.87. The molecule has 0 bridgehead atoms. The summed E-state index contributed by atoms with van der Waals surface area (Å²) in [5.74, 6) is 1.06. The van der Waals surface area contributed by atoms with Crippen molar-refractivity contribution in [2.75, 3.05) is 13.1 Å². The van der Waals surface area contributed by atoms with Crippen molar-refractivity contribution in [3.63, 3.8) is 0 Å². The molecule has 15 heavy (non-hydrogen) atoms. The highest BCUT2D eigenvalue weighted by molar-refractivity contribution is 4.88. The molecule has 1 fully saturated rings. The van der Waals surface area contributed by atoms with Gasteiger partial charge in [-0.3, -0.25) is 4.90 Å². The van der Waals surface area contributed by atoms with Gasteiger partial charge in [-0.05, 0) is 12.8 Å². The topological polar surface area (TPSA) is 60.0 Å². The number of nitrogens with zero attached hydrogens (tertiary/aromatic N) is 4.